The van der Waals surface area contributed by atoms with Crippen molar-refractivity contribution in [2.75, 3.05) is 0 Å². The molecule has 2 aromatic rings. The number of aromatic hydroxyl groups is 1. The van der Waals surface area contributed by atoms with Crippen molar-refractivity contribution < 1.29 is 5.11 Å². The number of hydrogen-bond donors (Lipinski definition) is 1. The highest BCUT2D eigenvalue weighted by molar-refractivity contribution is 5.41. The zero-order valence-electron chi connectivity index (χ0n) is 7.60. The van der Waals surface area contributed by atoms with Crippen molar-refractivity contribution in [2.24, 2.45) is 0 Å². The molecule has 68 valence electrons. The van der Waals surface area contributed by atoms with Gasteiger partial charge < -0.3 is 5.11 Å². The molecule has 0 radical (unpaired) electrons. The molecule has 0 atom stereocenters. The Balaban J connectivity index is 2.69. The third kappa shape index (κ3) is 1.24. The Bertz CT molecular complexity index is 433. The third-order valence-corrected chi connectivity index (χ3v) is 1.94. The van der Waals surface area contributed by atoms with Crippen molar-refractivity contribution in [3.63, 3.8) is 0 Å². The summed E-state index contributed by atoms with van der Waals surface area (Å²) in [5.74, 6) is 0.422. The van der Waals surface area contributed by atoms with E-state index in [2.05, 4.69) is 10.1 Å². The smallest absolute Gasteiger partial charge is 0.155 e. The van der Waals surface area contributed by atoms with Crippen molar-refractivity contribution >= 4 is 5.65 Å². The van der Waals surface area contributed by atoms with E-state index >= 15 is 0 Å². The van der Waals surface area contributed by atoms with Gasteiger partial charge in [0.25, 0.3) is 0 Å². The molecule has 0 amide bonds. The van der Waals surface area contributed by atoms with E-state index in [4.69, 9.17) is 0 Å². The first kappa shape index (κ1) is 8.04. The molecular formula is C9H11N3O. The standard InChI is InChI=1S/C9H11N3O/c1-6(2)9-7(13)5-12-8(11-9)3-4-10-12/h3-6,13H,1-2H3. The predicted molar refractivity (Wildman–Crippen MR) is 48.7 cm³/mol. The maximum absolute atomic E-state index is 9.57. The van der Waals surface area contributed by atoms with E-state index in [-0.39, 0.29) is 11.7 Å². The van der Waals surface area contributed by atoms with Crippen LogP contribution in [0.1, 0.15) is 25.5 Å². The van der Waals surface area contributed by atoms with Crippen LogP contribution in [-0.4, -0.2) is 19.7 Å². The number of hydrogen-bond acceptors (Lipinski definition) is 3. The van der Waals surface area contributed by atoms with Gasteiger partial charge in [0.1, 0.15) is 0 Å². The summed E-state index contributed by atoms with van der Waals surface area (Å²) < 4.78 is 1.56. The van der Waals surface area contributed by atoms with E-state index in [1.807, 2.05) is 19.9 Å². The third-order valence-electron chi connectivity index (χ3n) is 1.94. The SMILES string of the molecule is CC(C)c1nc2ccnn2cc1O. The molecule has 0 spiro atoms. The Morgan fingerprint density at radius 2 is 2.23 bits per heavy atom. The second kappa shape index (κ2) is 2.73. The molecule has 0 bridgehead atoms. The molecule has 2 rings (SSSR count). The van der Waals surface area contributed by atoms with Crippen molar-refractivity contribution in [2.45, 2.75) is 19.8 Å². The molecular weight excluding hydrogens is 166 g/mol. The summed E-state index contributed by atoms with van der Waals surface area (Å²) in [5, 5.41) is 13.5. The van der Waals surface area contributed by atoms with Crippen LogP contribution < -0.4 is 0 Å². The molecule has 13 heavy (non-hydrogen) atoms. The molecule has 4 nitrogen and oxygen atoms in total. The van der Waals surface area contributed by atoms with E-state index in [0.717, 1.165) is 5.65 Å². The minimum atomic E-state index is 0.200. The summed E-state index contributed by atoms with van der Waals surface area (Å²) in [6.45, 7) is 3.99. The van der Waals surface area contributed by atoms with Gasteiger partial charge in [0.15, 0.2) is 11.4 Å². The van der Waals surface area contributed by atoms with E-state index in [1.165, 1.54) is 0 Å². The predicted octanol–water partition coefficient (Wildman–Crippen LogP) is 1.56. The van der Waals surface area contributed by atoms with Gasteiger partial charge in [-0.1, -0.05) is 13.8 Å². The second-order valence-corrected chi connectivity index (χ2v) is 3.30. The van der Waals surface area contributed by atoms with Gasteiger partial charge in [0.05, 0.1) is 18.1 Å². The fraction of sp³-hybridized carbons (Fsp3) is 0.333. The van der Waals surface area contributed by atoms with Crippen LogP contribution in [0.2, 0.25) is 0 Å². The molecule has 0 unspecified atom stereocenters. The van der Waals surface area contributed by atoms with Crippen LogP contribution in [0, 0.1) is 0 Å². The lowest BCUT2D eigenvalue weighted by atomic mass is 10.1. The molecule has 2 heterocycles. The molecule has 0 saturated heterocycles. The number of aromatic nitrogens is 3. The molecule has 0 aliphatic rings. The van der Waals surface area contributed by atoms with Crippen LogP contribution in [0.3, 0.4) is 0 Å². The van der Waals surface area contributed by atoms with Gasteiger partial charge in [-0.3, -0.25) is 0 Å². The Morgan fingerprint density at radius 1 is 1.46 bits per heavy atom. The summed E-state index contributed by atoms with van der Waals surface area (Å²) in [6.07, 6.45) is 3.24. The summed E-state index contributed by atoms with van der Waals surface area (Å²) in [7, 11) is 0. The first-order valence-electron chi connectivity index (χ1n) is 4.21. The molecule has 0 aliphatic carbocycles. The second-order valence-electron chi connectivity index (χ2n) is 3.30. The zero-order chi connectivity index (χ0) is 9.42. The molecule has 1 N–H and O–H groups in total. The average Bonchev–Trinajstić information content (AvgIpc) is 2.48. The Morgan fingerprint density at radius 3 is 2.92 bits per heavy atom. The van der Waals surface area contributed by atoms with Gasteiger partial charge in [-0.2, -0.15) is 5.10 Å². The number of nitrogens with zero attached hydrogens (tertiary/aromatic N) is 3. The number of fused-ring (bicyclic) bond motifs is 1. The fourth-order valence-corrected chi connectivity index (χ4v) is 1.28. The van der Waals surface area contributed by atoms with Gasteiger partial charge in [0.2, 0.25) is 0 Å². The van der Waals surface area contributed by atoms with Crippen LogP contribution in [0.4, 0.5) is 0 Å². The normalized spacial score (nSPS) is 11.3. The van der Waals surface area contributed by atoms with E-state index in [1.54, 1.807) is 16.9 Å². The van der Waals surface area contributed by atoms with Crippen molar-refractivity contribution in [3.8, 4) is 5.75 Å². The van der Waals surface area contributed by atoms with Gasteiger partial charge >= 0.3 is 0 Å². The maximum atomic E-state index is 9.57. The van der Waals surface area contributed by atoms with Crippen molar-refractivity contribution in [1.29, 1.82) is 0 Å². The lowest BCUT2D eigenvalue weighted by Crippen LogP contribution is -1.97. The van der Waals surface area contributed by atoms with Gasteiger partial charge in [-0.15, -0.1) is 0 Å². The summed E-state index contributed by atoms with van der Waals surface area (Å²) in [5.41, 5.74) is 1.48. The van der Waals surface area contributed by atoms with Gasteiger partial charge in [-0.05, 0) is 5.92 Å². The molecule has 2 aromatic heterocycles. The van der Waals surface area contributed by atoms with Crippen LogP contribution in [0.15, 0.2) is 18.5 Å². The van der Waals surface area contributed by atoms with Crippen molar-refractivity contribution in [1.82, 2.24) is 14.6 Å². The molecule has 0 aromatic carbocycles. The quantitative estimate of drug-likeness (QED) is 0.719. The Hall–Kier alpha value is -1.58. The van der Waals surface area contributed by atoms with E-state index in [0.29, 0.717) is 5.69 Å². The largest absolute Gasteiger partial charge is 0.504 e. The van der Waals surface area contributed by atoms with E-state index in [9.17, 15) is 5.11 Å². The van der Waals surface area contributed by atoms with Crippen LogP contribution in [0.5, 0.6) is 5.75 Å². The van der Waals surface area contributed by atoms with Gasteiger partial charge in [-0.25, -0.2) is 9.50 Å². The highest BCUT2D eigenvalue weighted by Gasteiger charge is 2.09. The highest BCUT2D eigenvalue weighted by Crippen LogP contribution is 2.22. The maximum Gasteiger partial charge on any atom is 0.155 e. The summed E-state index contributed by atoms with van der Waals surface area (Å²) >= 11 is 0. The minimum absolute atomic E-state index is 0.200. The monoisotopic (exact) mass is 177 g/mol. The first-order valence-corrected chi connectivity index (χ1v) is 4.21. The van der Waals surface area contributed by atoms with Crippen LogP contribution in [0.25, 0.3) is 5.65 Å². The van der Waals surface area contributed by atoms with Gasteiger partial charge in [0, 0.05) is 6.07 Å². The molecule has 0 fully saturated rings. The number of rotatable bonds is 1. The fourth-order valence-electron chi connectivity index (χ4n) is 1.28. The molecule has 4 heteroatoms. The first-order chi connectivity index (χ1) is 6.18. The van der Waals surface area contributed by atoms with Crippen LogP contribution in [-0.2, 0) is 0 Å². The minimum Gasteiger partial charge on any atom is -0.504 e. The highest BCUT2D eigenvalue weighted by atomic mass is 16.3. The summed E-state index contributed by atoms with van der Waals surface area (Å²) in [6, 6.07) is 1.81. The van der Waals surface area contributed by atoms with E-state index < -0.39 is 0 Å². The molecule has 0 aliphatic heterocycles. The lowest BCUT2D eigenvalue weighted by molar-refractivity contribution is 0.455. The van der Waals surface area contributed by atoms with Crippen molar-refractivity contribution in [3.05, 3.63) is 24.2 Å². The molecule has 0 saturated carbocycles. The average molecular weight is 177 g/mol. The Labute approximate surface area is 75.8 Å². The summed E-state index contributed by atoms with van der Waals surface area (Å²) in [4.78, 5) is 4.28. The van der Waals surface area contributed by atoms with Crippen LogP contribution >= 0.6 is 0 Å². The zero-order valence-corrected chi connectivity index (χ0v) is 7.60. The Kier molecular flexibility index (Phi) is 1.69. The lowest BCUT2D eigenvalue weighted by Gasteiger charge is -2.06. The topological polar surface area (TPSA) is 50.4 Å².